The molecule has 0 aliphatic carbocycles. The standard InChI is InChI=1S/C21H25F3N6O5/c1-13(2)6-10-29-15-16(26-19(29)28-11-7-25-8-12-28)27(3)20(34)30(17(15)32)9-4-5-14(31)35-18(33)21(22,23)24/h4-6,25H,7-12H2,1-3H3. The van der Waals surface area contributed by atoms with E-state index in [1.54, 1.807) is 4.57 Å². The van der Waals surface area contributed by atoms with Gasteiger partial charge in [0.15, 0.2) is 11.2 Å². The largest absolute Gasteiger partial charge is 0.491 e. The van der Waals surface area contributed by atoms with Crippen molar-refractivity contribution < 1.29 is 27.5 Å². The minimum Gasteiger partial charge on any atom is -0.383 e. The van der Waals surface area contributed by atoms with Gasteiger partial charge < -0.3 is 19.5 Å². The number of alkyl halides is 3. The first kappa shape index (κ1) is 25.9. The second-order valence-corrected chi connectivity index (χ2v) is 8.08. The van der Waals surface area contributed by atoms with Gasteiger partial charge in [0.05, 0.1) is 0 Å². The van der Waals surface area contributed by atoms with Crippen molar-refractivity contribution in [2.45, 2.75) is 33.1 Å². The highest BCUT2D eigenvalue weighted by Gasteiger charge is 2.42. The van der Waals surface area contributed by atoms with E-state index in [2.05, 4.69) is 15.0 Å². The van der Waals surface area contributed by atoms with Gasteiger partial charge in [-0.15, -0.1) is 0 Å². The molecule has 0 atom stereocenters. The molecule has 3 heterocycles. The van der Waals surface area contributed by atoms with Crippen molar-refractivity contribution in [1.82, 2.24) is 24.0 Å². The summed E-state index contributed by atoms with van der Waals surface area (Å²) in [6, 6.07) is 0. The Morgan fingerprint density at radius 3 is 2.37 bits per heavy atom. The average Bonchev–Trinajstić information content (AvgIpc) is 3.18. The van der Waals surface area contributed by atoms with E-state index >= 15 is 0 Å². The summed E-state index contributed by atoms with van der Waals surface area (Å²) in [4.78, 5) is 55.0. The Balaban J connectivity index is 2.02. The Hall–Kier alpha value is -3.68. The molecule has 0 saturated carbocycles. The van der Waals surface area contributed by atoms with Gasteiger partial charge in [0.1, 0.15) is 0 Å². The zero-order valence-electron chi connectivity index (χ0n) is 19.4. The number of hydrogen-bond donors (Lipinski definition) is 1. The van der Waals surface area contributed by atoms with Crippen LogP contribution in [-0.4, -0.2) is 63.0 Å². The van der Waals surface area contributed by atoms with E-state index in [1.807, 2.05) is 24.8 Å². The van der Waals surface area contributed by atoms with Gasteiger partial charge in [0.25, 0.3) is 5.56 Å². The lowest BCUT2D eigenvalue weighted by Gasteiger charge is -2.28. The fourth-order valence-electron chi connectivity index (χ4n) is 3.51. The number of nitrogens with one attached hydrogen (secondary N) is 1. The fourth-order valence-corrected chi connectivity index (χ4v) is 3.51. The second-order valence-electron chi connectivity index (χ2n) is 8.08. The number of carbonyl (C=O) groups excluding carboxylic acids is 2. The third kappa shape index (κ3) is 5.70. The normalized spacial score (nSPS) is 14.5. The van der Waals surface area contributed by atoms with Crippen LogP contribution in [0.25, 0.3) is 11.2 Å². The monoisotopic (exact) mass is 498 g/mol. The van der Waals surface area contributed by atoms with Crippen LogP contribution in [0, 0.1) is 0 Å². The zero-order chi connectivity index (χ0) is 25.9. The lowest BCUT2D eigenvalue weighted by molar-refractivity contribution is -0.200. The van der Waals surface area contributed by atoms with Gasteiger partial charge in [0.2, 0.25) is 5.95 Å². The molecule has 1 N–H and O–H groups in total. The van der Waals surface area contributed by atoms with Gasteiger partial charge in [-0.2, -0.15) is 18.2 Å². The van der Waals surface area contributed by atoms with E-state index < -0.39 is 35.9 Å². The first-order chi connectivity index (χ1) is 16.4. The number of anilines is 1. The molecule has 1 fully saturated rings. The summed E-state index contributed by atoms with van der Waals surface area (Å²) < 4.78 is 44.1. The Bertz CT molecular complexity index is 1310. The number of rotatable bonds is 6. The molecule has 1 aliphatic rings. The first-order valence-corrected chi connectivity index (χ1v) is 10.7. The highest BCUT2D eigenvalue weighted by Crippen LogP contribution is 2.21. The van der Waals surface area contributed by atoms with Crippen LogP contribution in [0.3, 0.4) is 0 Å². The number of piperazine rings is 1. The topological polar surface area (TPSA) is 120 Å². The van der Waals surface area contributed by atoms with E-state index in [4.69, 9.17) is 0 Å². The van der Waals surface area contributed by atoms with Gasteiger partial charge in [0, 0.05) is 52.4 Å². The maximum Gasteiger partial charge on any atom is 0.491 e. The summed E-state index contributed by atoms with van der Waals surface area (Å²) in [5, 5.41) is 3.24. The molecule has 2 aromatic heterocycles. The predicted molar refractivity (Wildman–Crippen MR) is 120 cm³/mol. The van der Waals surface area contributed by atoms with Crippen molar-refractivity contribution in [2.75, 3.05) is 31.1 Å². The number of aromatic nitrogens is 4. The van der Waals surface area contributed by atoms with Crippen LogP contribution in [0.4, 0.5) is 19.1 Å². The summed E-state index contributed by atoms with van der Waals surface area (Å²) >= 11 is 0. The van der Waals surface area contributed by atoms with Crippen LogP contribution in [0.15, 0.2) is 33.4 Å². The highest BCUT2D eigenvalue weighted by molar-refractivity contribution is 5.93. The Labute approximate surface area is 197 Å². The molecular formula is C21H25F3N6O5. The van der Waals surface area contributed by atoms with Crippen LogP contribution in [0.1, 0.15) is 13.8 Å². The molecule has 190 valence electrons. The van der Waals surface area contributed by atoms with Crippen molar-refractivity contribution in [2.24, 2.45) is 7.05 Å². The van der Waals surface area contributed by atoms with Crippen LogP contribution in [0.2, 0.25) is 0 Å². The molecule has 0 radical (unpaired) electrons. The number of aryl methyl sites for hydroxylation is 1. The van der Waals surface area contributed by atoms with E-state index in [-0.39, 0.29) is 11.2 Å². The summed E-state index contributed by atoms with van der Waals surface area (Å²) in [6.07, 6.45) is -1.90. The summed E-state index contributed by atoms with van der Waals surface area (Å²) in [7, 11) is 1.44. The van der Waals surface area contributed by atoms with Gasteiger partial charge in [-0.1, -0.05) is 17.7 Å². The number of imidazole rings is 1. The Morgan fingerprint density at radius 1 is 1.11 bits per heavy atom. The van der Waals surface area contributed by atoms with Crippen LogP contribution in [0.5, 0.6) is 0 Å². The molecule has 35 heavy (non-hydrogen) atoms. The summed E-state index contributed by atoms with van der Waals surface area (Å²) in [5.41, 5.74) is -0.0419. The van der Waals surface area contributed by atoms with Gasteiger partial charge in [-0.25, -0.2) is 14.4 Å². The molecule has 0 spiro atoms. The smallest absolute Gasteiger partial charge is 0.383 e. The SMILES string of the molecule is CC(C)=CCn1c(N2CCNCC2)nc2c1c(=O)n(CC=CC(=O)OC(=O)C(F)(F)F)c(=O)n2C. The number of halogens is 3. The number of ether oxygens (including phenoxy) is 1. The third-order valence-electron chi connectivity index (χ3n) is 5.26. The van der Waals surface area contributed by atoms with Gasteiger partial charge >= 0.3 is 23.8 Å². The maximum atomic E-state index is 13.3. The lowest BCUT2D eigenvalue weighted by Crippen LogP contribution is -2.44. The van der Waals surface area contributed by atoms with E-state index in [9.17, 15) is 32.3 Å². The lowest BCUT2D eigenvalue weighted by atomic mass is 10.3. The first-order valence-electron chi connectivity index (χ1n) is 10.7. The fraction of sp³-hybridized carbons (Fsp3) is 0.476. The highest BCUT2D eigenvalue weighted by atomic mass is 19.4. The molecule has 0 bridgehead atoms. The molecule has 0 unspecified atom stereocenters. The van der Waals surface area contributed by atoms with Crippen LogP contribution >= 0.6 is 0 Å². The molecule has 14 heteroatoms. The number of carbonyl (C=O) groups is 2. The molecule has 2 aromatic rings. The average molecular weight is 498 g/mol. The van der Waals surface area contributed by atoms with Crippen molar-refractivity contribution in [3.63, 3.8) is 0 Å². The molecule has 1 aliphatic heterocycles. The molecule has 1 saturated heterocycles. The maximum absolute atomic E-state index is 13.3. The van der Waals surface area contributed by atoms with E-state index in [0.29, 0.717) is 31.7 Å². The summed E-state index contributed by atoms with van der Waals surface area (Å²) in [5.74, 6) is -3.70. The van der Waals surface area contributed by atoms with Gasteiger partial charge in [-0.3, -0.25) is 13.9 Å². The third-order valence-corrected chi connectivity index (χ3v) is 5.26. The molecule has 11 nitrogen and oxygen atoms in total. The van der Waals surface area contributed by atoms with E-state index in [0.717, 1.165) is 29.3 Å². The Kier molecular flexibility index (Phi) is 7.63. The van der Waals surface area contributed by atoms with Crippen molar-refractivity contribution in [3.8, 4) is 0 Å². The van der Waals surface area contributed by atoms with Crippen molar-refractivity contribution in [3.05, 3.63) is 44.6 Å². The van der Waals surface area contributed by atoms with Crippen molar-refractivity contribution >= 4 is 29.1 Å². The van der Waals surface area contributed by atoms with Crippen LogP contribution in [-0.2, 0) is 34.5 Å². The number of esters is 2. The van der Waals surface area contributed by atoms with E-state index in [1.165, 1.54) is 11.6 Å². The quantitative estimate of drug-likeness (QED) is 0.264. The van der Waals surface area contributed by atoms with Crippen LogP contribution < -0.4 is 21.5 Å². The van der Waals surface area contributed by atoms with Gasteiger partial charge in [-0.05, 0) is 13.8 Å². The molecule has 3 rings (SSSR count). The number of hydrogen-bond acceptors (Lipinski definition) is 8. The molecular weight excluding hydrogens is 473 g/mol. The number of allylic oxidation sites excluding steroid dienone is 3. The number of nitrogens with zero attached hydrogens (tertiary/aromatic N) is 5. The van der Waals surface area contributed by atoms with Crippen molar-refractivity contribution in [1.29, 1.82) is 0 Å². The Morgan fingerprint density at radius 2 is 1.77 bits per heavy atom. The summed E-state index contributed by atoms with van der Waals surface area (Å²) in [6.45, 7) is 6.47. The zero-order valence-corrected chi connectivity index (χ0v) is 19.4. The molecule has 0 aromatic carbocycles. The molecule has 0 amide bonds. The minimum absolute atomic E-state index is 0.168. The minimum atomic E-state index is -5.33. The second kappa shape index (κ2) is 10.3. The predicted octanol–water partition coefficient (Wildman–Crippen LogP) is 0.461. The number of fused-ring (bicyclic) bond motifs is 1.